The van der Waals surface area contributed by atoms with Crippen LogP contribution in [0.4, 0.5) is 0 Å². The van der Waals surface area contributed by atoms with Gasteiger partial charge in [0, 0.05) is 12.4 Å². The molecule has 13 heavy (non-hydrogen) atoms. The molecule has 0 aromatic rings. The first-order valence-electron chi connectivity index (χ1n) is 4.28. The van der Waals surface area contributed by atoms with Gasteiger partial charge in [-0.2, -0.15) is 0 Å². The van der Waals surface area contributed by atoms with E-state index in [1.807, 2.05) is 0 Å². The van der Waals surface area contributed by atoms with E-state index in [2.05, 4.69) is 5.73 Å². The average molecular weight is 188 g/mol. The summed E-state index contributed by atoms with van der Waals surface area (Å²) in [6.45, 7) is 0. The molecular weight excluding hydrogens is 174 g/mol. The molecule has 0 unspecified atom stereocenters. The van der Waals surface area contributed by atoms with Gasteiger partial charge in [-0.1, -0.05) is 6.42 Å². The molecule has 0 aliphatic heterocycles. The zero-order valence-corrected chi connectivity index (χ0v) is 7.45. The Hall–Kier alpha value is -1.10. The largest absolute Gasteiger partial charge is 0.550 e. The molecule has 0 heterocycles. The molecule has 5 heteroatoms. The standard InChI is InChI=1S/C8H15NO4/c9-6(8(12)13)4-2-1-3-5-7(10)11/h6H,1-5,9H2,(H,10,11)(H,12,13)/p-1/t6-/m1/s1. The van der Waals surface area contributed by atoms with Crippen molar-refractivity contribution in [2.45, 2.75) is 38.1 Å². The van der Waals surface area contributed by atoms with E-state index in [0.717, 1.165) is 0 Å². The molecule has 0 aliphatic rings. The van der Waals surface area contributed by atoms with E-state index >= 15 is 0 Å². The molecular formula is C8H14NO4-. The summed E-state index contributed by atoms with van der Waals surface area (Å²) in [5, 5.41) is 20.2. The minimum atomic E-state index is -1.15. The molecule has 0 amide bonds. The van der Waals surface area contributed by atoms with Crippen LogP contribution >= 0.6 is 0 Å². The fourth-order valence-electron chi connectivity index (χ4n) is 0.955. The molecule has 0 saturated heterocycles. The Kier molecular flexibility index (Phi) is 5.88. The smallest absolute Gasteiger partial charge is 0.124 e. The maximum atomic E-state index is 10.2. The molecule has 0 aromatic heterocycles. The summed E-state index contributed by atoms with van der Waals surface area (Å²) in [6, 6.07) is -0.692. The van der Waals surface area contributed by atoms with Gasteiger partial charge in [-0.05, 0) is 19.3 Å². The molecule has 0 radical (unpaired) electrons. The van der Waals surface area contributed by atoms with Crippen molar-refractivity contribution in [2.75, 3.05) is 0 Å². The first-order valence-corrected chi connectivity index (χ1v) is 4.28. The van der Waals surface area contributed by atoms with E-state index in [1.165, 1.54) is 0 Å². The van der Waals surface area contributed by atoms with Gasteiger partial charge in [0.05, 0.1) is 5.97 Å². The van der Waals surface area contributed by atoms with Gasteiger partial charge in [0.1, 0.15) is 6.04 Å². The van der Waals surface area contributed by atoms with Gasteiger partial charge >= 0.3 is 0 Å². The fraction of sp³-hybridized carbons (Fsp3) is 0.750. The highest BCUT2D eigenvalue weighted by Crippen LogP contribution is 2.03. The molecule has 0 bridgehead atoms. The van der Waals surface area contributed by atoms with Crippen LogP contribution in [0.2, 0.25) is 0 Å². The molecule has 0 saturated carbocycles. The van der Waals surface area contributed by atoms with Crippen LogP contribution in [0.5, 0.6) is 0 Å². The van der Waals surface area contributed by atoms with Crippen molar-refractivity contribution in [3.63, 3.8) is 0 Å². The van der Waals surface area contributed by atoms with Gasteiger partial charge in [0.2, 0.25) is 0 Å². The number of aliphatic carboxylic acids is 2. The molecule has 0 aromatic carbocycles. The molecule has 0 fully saturated rings. The first kappa shape index (κ1) is 11.9. The molecule has 1 atom stereocenters. The highest BCUT2D eigenvalue weighted by atomic mass is 16.4. The highest BCUT2D eigenvalue weighted by molar-refractivity contribution is 5.69. The normalized spacial score (nSPS) is 12.4. The summed E-state index contributed by atoms with van der Waals surface area (Å²) >= 11 is 0. The van der Waals surface area contributed by atoms with E-state index in [1.54, 1.807) is 0 Å². The zero-order chi connectivity index (χ0) is 10.3. The topological polar surface area (TPSA) is 108 Å². The minimum absolute atomic E-state index is 0.0349. The summed E-state index contributed by atoms with van der Waals surface area (Å²) in [5.74, 6) is -2.22. The predicted octanol–water partition coefficient (Wildman–Crippen LogP) is -2.95. The second kappa shape index (κ2) is 6.42. The molecule has 0 aliphatic carbocycles. The Bertz CT molecular complexity index is 181. The first-order chi connectivity index (χ1) is 6.04. The van der Waals surface area contributed by atoms with Crippen LogP contribution in [0.25, 0.3) is 0 Å². The number of carboxylic acid groups (broad SMARTS) is 2. The van der Waals surface area contributed by atoms with E-state index in [9.17, 15) is 19.8 Å². The molecule has 0 rings (SSSR count). The summed E-state index contributed by atoms with van der Waals surface area (Å²) in [7, 11) is 0. The van der Waals surface area contributed by atoms with Crippen molar-refractivity contribution in [3.8, 4) is 0 Å². The fourth-order valence-corrected chi connectivity index (χ4v) is 0.955. The van der Waals surface area contributed by atoms with Gasteiger partial charge in [-0.15, -0.1) is 0 Å². The van der Waals surface area contributed by atoms with Crippen LogP contribution in [0.15, 0.2) is 0 Å². The maximum Gasteiger partial charge on any atom is 0.124 e. The lowest BCUT2D eigenvalue weighted by atomic mass is 10.1. The van der Waals surface area contributed by atoms with Crippen LogP contribution < -0.4 is 15.9 Å². The number of quaternary nitrogens is 1. The van der Waals surface area contributed by atoms with E-state index < -0.39 is 18.0 Å². The number of hydrogen-bond acceptors (Lipinski definition) is 4. The molecule has 3 N–H and O–H groups in total. The van der Waals surface area contributed by atoms with Gasteiger partial charge in [0.15, 0.2) is 0 Å². The molecule has 0 spiro atoms. The lowest BCUT2D eigenvalue weighted by Gasteiger charge is -2.08. The van der Waals surface area contributed by atoms with Gasteiger partial charge in [0.25, 0.3) is 0 Å². The summed E-state index contributed by atoms with van der Waals surface area (Å²) < 4.78 is 0. The molecule has 5 nitrogen and oxygen atoms in total. The maximum absolute atomic E-state index is 10.2. The van der Waals surface area contributed by atoms with Crippen LogP contribution in [0.3, 0.4) is 0 Å². The van der Waals surface area contributed by atoms with Crippen molar-refractivity contribution in [1.82, 2.24) is 0 Å². The number of hydrogen-bond donors (Lipinski definition) is 1. The Morgan fingerprint density at radius 3 is 2.23 bits per heavy atom. The predicted molar refractivity (Wildman–Crippen MR) is 39.8 cm³/mol. The van der Waals surface area contributed by atoms with Gasteiger partial charge < -0.3 is 25.5 Å². The summed E-state index contributed by atoms with van der Waals surface area (Å²) in [5.41, 5.74) is 3.38. The minimum Gasteiger partial charge on any atom is -0.550 e. The number of unbranched alkanes of at least 4 members (excludes halogenated alkanes) is 2. The average Bonchev–Trinajstić information content (AvgIpc) is 2.02. The van der Waals surface area contributed by atoms with Crippen LogP contribution in [0, 0.1) is 0 Å². The number of carbonyl (C=O) groups is 2. The van der Waals surface area contributed by atoms with Crippen molar-refractivity contribution in [1.29, 1.82) is 0 Å². The lowest BCUT2D eigenvalue weighted by molar-refractivity contribution is -0.438. The highest BCUT2D eigenvalue weighted by Gasteiger charge is 2.05. The van der Waals surface area contributed by atoms with E-state index in [-0.39, 0.29) is 6.42 Å². The second-order valence-corrected chi connectivity index (χ2v) is 2.99. The van der Waals surface area contributed by atoms with Gasteiger partial charge in [-0.3, -0.25) is 0 Å². The lowest BCUT2D eigenvalue weighted by Crippen LogP contribution is -2.68. The third kappa shape index (κ3) is 7.27. The van der Waals surface area contributed by atoms with Crippen molar-refractivity contribution in [3.05, 3.63) is 0 Å². The van der Waals surface area contributed by atoms with Crippen LogP contribution in [-0.2, 0) is 9.59 Å². The Morgan fingerprint density at radius 1 is 1.15 bits per heavy atom. The van der Waals surface area contributed by atoms with Crippen LogP contribution in [0.1, 0.15) is 32.1 Å². The summed E-state index contributed by atoms with van der Waals surface area (Å²) in [6.07, 6.45) is 2.35. The third-order valence-electron chi connectivity index (χ3n) is 1.77. The quantitative estimate of drug-likeness (QED) is 0.431. The van der Waals surface area contributed by atoms with E-state index in [0.29, 0.717) is 25.7 Å². The van der Waals surface area contributed by atoms with Gasteiger partial charge in [-0.25, -0.2) is 0 Å². The van der Waals surface area contributed by atoms with Crippen molar-refractivity contribution < 1.29 is 25.5 Å². The van der Waals surface area contributed by atoms with E-state index in [4.69, 9.17) is 0 Å². The Morgan fingerprint density at radius 2 is 1.77 bits per heavy atom. The number of carbonyl (C=O) groups excluding carboxylic acids is 2. The number of rotatable bonds is 7. The monoisotopic (exact) mass is 188 g/mol. The summed E-state index contributed by atoms with van der Waals surface area (Å²) in [4.78, 5) is 20.2. The number of carboxylic acids is 2. The SMILES string of the molecule is [NH3+][C@H](CCCCCC(=O)[O-])C(=O)[O-]. The second-order valence-electron chi connectivity index (χ2n) is 2.99. The van der Waals surface area contributed by atoms with Crippen molar-refractivity contribution in [2.24, 2.45) is 0 Å². The van der Waals surface area contributed by atoms with Crippen molar-refractivity contribution >= 4 is 11.9 Å². The van der Waals surface area contributed by atoms with Crippen LogP contribution in [-0.4, -0.2) is 18.0 Å². The zero-order valence-electron chi connectivity index (χ0n) is 7.45. The third-order valence-corrected chi connectivity index (χ3v) is 1.77. The molecule has 76 valence electrons. The Balaban J connectivity index is 3.26. The Labute approximate surface area is 76.5 Å².